The standard InChI is InChI=1S/C23H26F2N6O4S3/c1-23(7-8-23)29-38(34,35)15-11-16(13-5-9-30(10-6-13)37(2,32)33)31-17(12-15)18(26-20(31)14-3-4-14)21-27-28-22(36-21)19(24)25/h5,11-12,14,19,29H,3-4,6-10H2,1-2H3. The number of imidazole rings is 1. The molecule has 0 amide bonds. The Kier molecular flexibility index (Phi) is 6.03. The molecule has 4 heterocycles. The minimum atomic E-state index is -3.92. The van der Waals surface area contributed by atoms with Crippen molar-refractivity contribution in [1.29, 1.82) is 0 Å². The molecule has 0 unspecified atom stereocenters. The zero-order valence-electron chi connectivity index (χ0n) is 20.7. The summed E-state index contributed by atoms with van der Waals surface area (Å²) < 4.78 is 83.7. The Morgan fingerprint density at radius 2 is 1.89 bits per heavy atom. The van der Waals surface area contributed by atoms with Crippen LogP contribution in [0.5, 0.6) is 0 Å². The highest BCUT2D eigenvalue weighted by Crippen LogP contribution is 2.44. The highest BCUT2D eigenvalue weighted by molar-refractivity contribution is 7.89. The molecule has 0 saturated heterocycles. The Labute approximate surface area is 222 Å². The van der Waals surface area contributed by atoms with Crippen LogP contribution in [0.1, 0.15) is 67.9 Å². The first-order valence-corrected chi connectivity index (χ1v) is 16.4. The molecule has 0 radical (unpaired) electrons. The number of alkyl halides is 2. The molecule has 0 spiro atoms. The summed E-state index contributed by atoms with van der Waals surface area (Å²) in [5.41, 5.74) is 1.63. The molecule has 2 saturated carbocycles. The summed E-state index contributed by atoms with van der Waals surface area (Å²) in [5.74, 6) is 0.844. The molecule has 3 aromatic rings. The van der Waals surface area contributed by atoms with Crippen molar-refractivity contribution in [1.82, 2.24) is 28.6 Å². The summed E-state index contributed by atoms with van der Waals surface area (Å²) in [6.07, 6.45) is 3.82. The lowest BCUT2D eigenvalue weighted by Crippen LogP contribution is -2.34. The van der Waals surface area contributed by atoms with Crippen LogP contribution in [-0.4, -0.2) is 65.6 Å². The quantitative estimate of drug-likeness (QED) is 0.429. The Bertz CT molecular complexity index is 1690. The Morgan fingerprint density at radius 3 is 2.45 bits per heavy atom. The van der Waals surface area contributed by atoms with Crippen LogP contribution in [0.15, 0.2) is 23.1 Å². The first kappa shape index (κ1) is 25.9. The third-order valence-corrected chi connectivity index (χ3v) is 11.0. The van der Waals surface area contributed by atoms with E-state index in [1.165, 1.54) is 10.4 Å². The molecule has 0 bridgehead atoms. The van der Waals surface area contributed by atoms with Gasteiger partial charge in [-0.1, -0.05) is 17.4 Å². The van der Waals surface area contributed by atoms with Crippen LogP contribution in [0.2, 0.25) is 0 Å². The number of sulfonamides is 2. The molecule has 6 rings (SSSR count). The van der Waals surface area contributed by atoms with Crippen molar-refractivity contribution < 1.29 is 25.6 Å². The summed E-state index contributed by atoms with van der Waals surface area (Å²) in [6.45, 7) is 2.27. The van der Waals surface area contributed by atoms with Crippen LogP contribution in [0, 0.1) is 0 Å². The number of nitrogens with one attached hydrogen (secondary N) is 1. The van der Waals surface area contributed by atoms with Crippen LogP contribution in [0.3, 0.4) is 0 Å². The molecule has 10 nitrogen and oxygen atoms in total. The van der Waals surface area contributed by atoms with E-state index in [2.05, 4.69) is 14.9 Å². The second-order valence-corrected chi connectivity index (χ2v) is 15.1. The molecule has 204 valence electrons. The molecule has 0 aromatic carbocycles. The van der Waals surface area contributed by atoms with Crippen LogP contribution in [0.4, 0.5) is 8.78 Å². The average molecular weight is 585 g/mol. The van der Waals surface area contributed by atoms with Crippen molar-refractivity contribution in [3.8, 4) is 10.7 Å². The number of fused-ring (bicyclic) bond motifs is 1. The van der Waals surface area contributed by atoms with Gasteiger partial charge in [0.15, 0.2) is 10.0 Å². The van der Waals surface area contributed by atoms with Crippen molar-refractivity contribution >= 4 is 42.5 Å². The summed E-state index contributed by atoms with van der Waals surface area (Å²) in [7, 11) is -7.30. The highest BCUT2D eigenvalue weighted by Gasteiger charge is 2.42. The van der Waals surface area contributed by atoms with E-state index in [9.17, 15) is 25.6 Å². The van der Waals surface area contributed by atoms with Crippen molar-refractivity contribution in [2.24, 2.45) is 0 Å². The highest BCUT2D eigenvalue weighted by atomic mass is 32.2. The van der Waals surface area contributed by atoms with Gasteiger partial charge in [0.25, 0.3) is 6.43 Å². The molecule has 2 fully saturated rings. The van der Waals surface area contributed by atoms with Gasteiger partial charge < -0.3 is 0 Å². The first-order chi connectivity index (χ1) is 17.8. The summed E-state index contributed by atoms with van der Waals surface area (Å²) >= 11 is 0.731. The molecule has 1 aliphatic heterocycles. The van der Waals surface area contributed by atoms with Crippen LogP contribution < -0.4 is 4.72 Å². The van der Waals surface area contributed by atoms with Gasteiger partial charge in [0.05, 0.1) is 22.4 Å². The zero-order valence-corrected chi connectivity index (χ0v) is 23.1. The maximum atomic E-state index is 13.5. The summed E-state index contributed by atoms with van der Waals surface area (Å²) in [5, 5.41) is 7.31. The molecule has 2 aliphatic carbocycles. The molecule has 15 heteroatoms. The van der Waals surface area contributed by atoms with Crippen LogP contribution in [0.25, 0.3) is 21.8 Å². The fraction of sp³-hybridized carbons (Fsp3) is 0.522. The zero-order chi connectivity index (χ0) is 27.0. The number of rotatable bonds is 8. The number of aromatic nitrogens is 4. The van der Waals surface area contributed by atoms with Gasteiger partial charge in [0.1, 0.15) is 11.5 Å². The van der Waals surface area contributed by atoms with Gasteiger partial charge >= 0.3 is 0 Å². The van der Waals surface area contributed by atoms with E-state index in [1.54, 1.807) is 12.1 Å². The maximum Gasteiger partial charge on any atom is 0.291 e. The van der Waals surface area contributed by atoms with Crippen molar-refractivity contribution in [2.75, 3.05) is 19.3 Å². The first-order valence-electron chi connectivity index (χ1n) is 12.2. The third-order valence-electron chi connectivity index (χ3n) is 7.17. The molecule has 38 heavy (non-hydrogen) atoms. The van der Waals surface area contributed by atoms with E-state index in [0.717, 1.165) is 48.8 Å². The van der Waals surface area contributed by atoms with Gasteiger partial charge in [-0.15, -0.1) is 10.2 Å². The Balaban J connectivity index is 1.57. The van der Waals surface area contributed by atoms with Crippen molar-refractivity contribution in [3.63, 3.8) is 0 Å². The Hall–Kier alpha value is -2.33. The van der Waals surface area contributed by atoms with Gasteiger partial charge in [0, 0.05) is 24.5 Å². The normalized spacial score (nSPS) is 20.3. The summed E-state index contributed by atoms with van der Waals surface area (Å²) in [6, 6.07) is 3.12. The average Bonchev–Trinajstić information content (AvgIpc) is 3.72. The maximum absolute atomic E-state index is 13.5. The molecular formula is C23H26F2N6O4S3. The molecule has 3 aromatic heterocycles. The minimum absolute atomic E-state index is 0.0293. The fourth-order valence-electron chi connectivity index (χ4n) is 4.65. The van der Waals surface area contributed by atoms with E-state index in [4.69, 9.17) is 4.98 Å². The SMILES string of the molecule is CC1(NS(=O)(=O)c2cc(C3=CCN(S(C)(=O)=O)CC3)n3c(C4CC4)nc(-c4nnc(C(F)F)s4)c3c2)CC1. The largest absolute Gasteiger partial charge is 0.296 e. The van der Waals surface area contributed by atoms with Gasteiger partial charge in [-0.25, -0.2) is 35.3 Å². The van der Waals surface area contributed by atoms with E-state index < -0.39 is 37.0 Å². The number of halogens is 2. The van der Waals surface area contributed by atoms with E-state index in [-0.39, 0.29) is 28.9 Å². The lowest BCUT2D eigenvalue weighted by molar-refractivity contribution is 0.150. The lowest BCUT2D eigenvalue weighted by atomic mass is 10.0. The smallest absolute Gasteiger partial charge is 0.291 e. The number of hydrogen-bond donors (Lipinski definition) is 1. The third kappa shape index (κ3) is 4.78. The van der Waals surface area contributed by atoms with Gasteiger partial charge in [-0.2, -0.15) is 4.31 Å². The molecule has 1 N–H and O–H groups in total. The van der Waals surface area contributed by atoms with Crippen molar-refractivity contribution in [2.45, 2.75) is 61.8 Å². The monoisotopic (exact) mass is 584 g/mol. The number of nitrogens with zero attached hydrogens (tertiary/aromatic N) is 5. The minimum Gasteiger partial charge on any atom is -0.296 e. The van der Waals surface area contributed by atoms with E-state index in [0.29, 0.717) is 29.1 Å². The summed E-state index contributed by atoms with van der Waals surface area (Å²) in [4.78, 5) is 4.82. The predicted octanol–water partition coefficient (Wildman–Crippen LogP) is 3.55. The van der Waals surface area contributed by atoms with Crippen LogP contribution in [-0.2, 0) is 20.0 Å². The molecule has 3 aliphatic rings. The topological polar surface area (TPSA) is 127 Å². The number of pyridine rings is 1. The van der Waals surface area contributed by atoms with E-state index in [1.807, 2.05) is 11.3 Å². The van der Waals surface area contributed by atoms with Crippen molar-refractivity contribution in [3.05, 3.63) is 34.7 Å². The molecular weight excluding hydrogens is 558 g/mol. The lowest BCUT2D eigenvalue weighted by Gasteiger charge is -2.25. The predicted molar refractivity (Wildman–Crippen MR) is 138 cm³/mol. The molecule has 0 atom stereocenters. The Morgan fingerprint density at radius 1 is 1.16 bits per heavy atom. The number of hydrogen-bond acceptors (Lipinski definition) is 8. The van der Waals surface area contributed by atoms with Gasteiger partial charge in [-0.05, 0) is 56.7 Å². The second kappa shape index (κ2) is 8.84. The van der Waals surface area contributed by atoms with Gasteiger partial charge in [0.2, 0.25) is 20.0 Å². The fourth-order valence-corrected chi connectivity index (χ4v) is 7.62. The second-order valence-electron chi connectivity index (χ2n) is 10.4. The van der Waals surface area contributed by atoms with Crippen LogP contribution >= 0.6 is 11.3 Å². The van der Waals surface area contributed by atoms with Gasteiger partial charge in [-0.3, -0.25) is 4.40 Å². The van der Waals surface area contributed by atoms with E-state index >= 15 is 0 Å².